The van der Waals surface area contributed by atoms with E-state index in [0.29, 0.717) is 12.5 Å². The van der Waals surface area contributed by atoms with Crippen LogP contribution in [0.5, 0.6) is 0 Å². The SMILES string of the molecule is CC(C)CC(NC(=O)C=CC(=O)O)C(=O)O. The third-order valence-corrected chi connectivity index (χ3v) is 1.70. The molecule has 90 valence electrons. The Morgan fingerprint density at radius 2 is 1.75 bits per heavy atom. The largest absolute Gasteiger partial charge is 0.480 e. The van der Waals surface area contributed by atoms with E-state index >= 15 is 0 Å². The maximum atomic E-state index is 11.1. The van der Waals surface area contributed by atoms with Gasteiger partial charge in [-0.2, -0.15) is 0 Å². The number of carboxylic acid groups (broad SMARTS) is 2. The molecule has 16 heavy (non-hydrogen) atoms. The molecule has 1 amide bonds. The molecule has 3 N–H and O–H groups in total. The third kappa shape index (κ3) is 6.58. The van der Waals surface area contributed by atoms with Crippen LogP contribution in [0.2, 0.25) is 0 Å². The molecule has 0 rings (SSSR count). The van der Waals surface area contributed by atoms with Crippen LogP contribution < -0.4 is 5.32 Å². The quantitative estimate of drug-likeness (QED) is 0.566. The topological polar surface area (TPSA) is 104 Å². The van der Waals surface area contributed by atoms with Crippen molar-refractivity contribution < 1.29 is 24.6 Å². The molecule has 1 atom stereocenters. The fraction of sp³-hybridized carbons (Fsp3) is 0.500. The van der Waals surface area contributed by atoms with E-state index in [-0.39, 0.29) is 5.92 Å². The minimum absolute atomic E-state index is 0.116. The van der Waals surface area contributed by atoms with Crippen LogP contribution in [0.1, 0.15) is 20.3 Å². The van der Waals surface area contributed by atoms with Crippen molar-refractivity contribution in [2.75, 3.05) is 0 Å². The lowest BCUT2D eigenvalue weighted by Gasteiger charge is -2.14. The van der Waals surface area contributed by atoms with Crippen molar-refractivity contribution in [3.05, 3.63) is 12.2 Å². The van der Waals surface area contributed by atoms with Crippen LogP contribution in [-0.4, -0.2) is 34.1 Å². The van der Waals surface area contributed by atoms with Gasteiger partial charge in [-0.05, 0) is 12.3 Å². The predicted octanol–water partition coefficient (Wildman–Crippen LogP) is 0.243. The molecule has 6 heteroatoms. The number of carboxylic acids is 2. The average Bonchev–Trinajstić information content (AvgIpc) is 2.12. The van der Waals surface area contributed by atoms with Crippen molar-refractivity contribution in [2.24, 2.45) is 5.92 Å². The van der Waals surface area contributed by atoms with Gasteiger partial charge in [-0.15, -0.1) is 0 Å². The summed E-state index contributed by atoms with van der Waals surface area (Å²) in [6, 6.07) is -0.994. The van der Waals surface area contributed by atoms with Crippen LogP contribution in [0, 0.1) is 5.92 Å². The number of aliphatic carboxylic acids is 2. The Morgan fingerprint density at radius 3 is 2.12 bits per heavy atom. The molecule has 0 aliphatic heterocycles. The molecule has 0 aliphatic rings. The summed E-state index contributed by atoms with van der Waals surface area (Å²) in [4.78, 5) is 32.0. The van der Waals surface area contributed by atoms with Crippen molar-refractivity contribution in [1.29, 1.82) is 0 Å². The van der Waals surface area contributed by atoms with Crippen LogP contribution in [0.15, 0.2) is 12.2 Å². The lowest BCUT2D eigenvalue weighted by atomic mass is 10.0. The molecule has 0 fully saturated rings. The van der Waals surface area contributed by atoms with Gasteiger partial charge in [0.1, 0.15) is 6.04 Å². The minimum atomic E-state index is -1.26. The van der Waals surface area contributed by atoms with Gasteiger partial charge in [-0.1, -0.05) is 13.8 Å². The van der Waals surface area contributed by atoms with E-state index in [0.717, 1.165) is 6.08 Å². The van der Waals surface area contributed by atoms with Gasteiger partial charge < -0.3 is 15.5 Å². The zero-order valence-corrected chi connectivity index (χ0v) is 9.14. The van der Waals surface area contributed by atoms with Crippen molar-refractivity contribution in [2.45, 2.75) is 26.3 Å². The van der Waals surface area contributed by atoms with Gasteiger partial charge in [0.2, 0.25) is 5.91 Å². The van der Waals surface area contributed by atoms with Crippen LogP contribution in [0.3, 0.4) is 0 Å². The summed E-state index contributed by atoms with van der Waals surface area (Å²) >= 11 is 0. The number of nitrogens with one attached hydrogen (secondary N) is 1. The molecule has 0 heterocycles. The Labute approximate surface area is 93.0 Å². The van der Waals surface area contributed by atoms with Gasteiger partial charge in [-0.3, -0.25) is 4.79 Å². The molecule has 0 aromatic heterocycles. The summed E-state index contributed by atoms with van der Waals surface area (Å²) in [5.41, 5.74) is 0. The monoisotopic (exact) mass is 229 g/mol. The van der Waals surface area contributed by atoms with Crippen molar-refractivity contribution in [1.82, 2.24) is 5.32 Å². The van der Waals surface area contributed by atoms with E-state index < -0.39 is 23.9 Å². The number of hydrogen-bond acceptors (Lipinski definition) is 3. The van der Waals surface area contributed by atoms with E-state index in [2.05, 4.69) is 5.32 Å². The second kappa shape index (κ2) is 6.60. The number of carbonyl (C=O) groups is 3. The van der Waals surface area contributed by atoms with E-state index in [1.165, 1.54) is 0 Å². The Bertz CT molecular complexity index is 308. The zero-order valence-electron chi connectivity index (χ0n) is 9.14. The zero-order chi connectivity index (χ0) is 12.7. The van der Waals surface area contributed by atoms with Crippen molar-refractivity contribution >= 4 is 17.8 Å². The molecule has 0 aromatic carbocycles. The maximum absolute atomic E-state index is 11.1. The predicted molar refractivity (Wildman–Crippen MR) is 55.8 cm³/mol. The molecule has 1 unspecified atom stereocenters. The van der Waals surface area contributed by atoms with Crippen LogP contribution in [-0.2, 0) is 14.4 Å². The van der Waals surface area contributed by atoms with Crippen LogP contribution in [0.4, 0.5) is 0 Å². The number of rotatable bonds is 6. The first-order valence-electron chi connectivity index (χ1n) is 4.77. The molecular weight excluding hydrogens is 214 g/mol. The first kappa shape index (κ1) is 14.2. The molecule has 0 radical (unpaired) electrons. The highest BCUT2D eigenvalue weighted by molar-refractivity contribution is 5.95. The second-order valence-electron chi connectivity index (χ2n) is 3.70. The van der Waals surface area contributed by atoms with Crippen LogP contribution >= 0.6 is 0 Å². The fourth-order valence-corrected chi connectivity index (χ4v) is 1.06. The average molecular weight is 229 g/mol. The number of hydrogen-bond donors (Lipinski definition) is 3. The third-order valence-electron chi connectivity index (χ3n) is 1.70. The maximum Gasteiger partial charge on any atom is 0.328 e. The molecule has 6 nitrogen and oxygen atoms in total. The normalized spacial score (nSPS) is 12.7. The first-order chi connectivity index (χ1) is 7.32. The second-order valence-corrected chi connectivity index (χ2v) is 3.70. The van der Waals surface area contributed by atoms with Gasteiger partial charge in [0.15, 0.2) is 0 Å². The van der Waals surface area contributed by atoms with E-state index in [9.17, 15) is 14.4 Å². The van der Waals surface area contributed by atoms with E-state index in [4.69, 9.17) is 10.2 Å². The summed E-state index contributed by atoms with van der Waals surface area (Å²) in [5, 5.41) is 19.3. The minimum Gasteiger partial charge on any atom is -0.480 e. The lowest BCUT2D eigenvalue weighted by Crippen LogP contribution is -2.40. The number of amides is 1. The molecular formula is C10H15NO5. The molecule has 0 bridgehead atoms. The summed E-state index contributed by atoms with van der Waals surface area (Å²) in [5.74, 6) is -3.00. The fourth-order valence-electron chi connectivity index (χ4n) is 1.06. The first-order valence-corrected chi connectivity index (χ1v) is 4.77. The summed E-state index contributed by atoms with van der Waals surface area (Å²) < 4.78 is 0. The smallest absolute Gasteiger partial charge is 0.328 e. The molecule has 0 saturated carbocycles. The standard InChI is InChI=1S/C10H15NO5/c1-6(2)5-7(10(15)16)11-8(12)3-4-9(13)14/h3-4,6-7H,5H2,1-2H3,(H,11,12)(H,13,14)(H,15,16). The Morgan fingerprint density at radius 1 is 1.19 bits per heavy atom. The highest BCUT2D eigenvalue weighted by atomic mass is 16.4. The highest BCUT2D eigenvalue weighted by Crippen LogP contribution is 2.04. The Hall–Kier alpha value is -1.85. The Balaban J connectivity index is 4.35. The van der Waals surface area contributed by atoms with Crippen molar-refractivity contribution in [3.8, 4) is 0 Å². The highest BCUT2D eigenvalue weighted by Gasteiger charge is 2.19. The summed E-state index contributed by atoms with van der Waals surface area (Å²) in [7, 11) is 0. The van der Waals surface area contributed by atoms with Crippen LogP contribution in [0.25, 0.3) is 0 Å². The van der Waals surface area contributed by atoms with E-state index in [1.54, 1.807) is 0 Å². The van der Waals surface area contributed by atoms with E-state index in [1.807, 2.05) is 13.8 Å². The van der Waals surface area contributed by atoms with Crippen molar-refractivity contribution in [3.63, 3.8) is 0 Å². The van der Waals surface area contributed by atoms with Gasteiger partial charge in [-0.25, -0.2) is 9.59 Å². The Kier molecular flexibility index (Phi) is 5.84. The molecule has 0 saturated heterocycles. The molecule has 0 spiro atoms. The summed E-state index contributed by atoms with van der Waals surface area (Å²) in [6.07, 6.45) is 1.74. The lowest BCUT2D eigenvalue weighted by molar-refractivity contribution is -0.141. The van der Waals surface area contributed by atoms with Gasteiger partial charge in [0.05, 0.1) is 0 Å². The summed E-state index contributed by atoms with van der Waals surface area (Å²) in [6.45, 7) is 3.66. The molecule has 0 aliphatic carbocycles. The number of carbonyl (C=O) groups excluding carboxylic acids is 1. The van der Waals surface area contributed by atoms with Gasteiger partial charge in [0.25, 0.3) is 0 Å². The van der Waals surface area contributed by atoms with Gasteiger partial charge in [0, 0.05) is 12.2 Å². The van der Waals surface area contributed by atoms with Gasteiger partial charge >= 0.3 is 11.9 Å². The molecule has 0 aromatic rings.